The second-order valence-corrected chi connectivity index (χ2v) is 5.38. The number of ether oxygens (including phenoxy) is 3. The van der Waals surface area contributed by atoms with Gasteiger partial charge in [-0.15, -0.1) is 0 Å². The van der Waals surface area contributed by atoms with Crippen molar-refractivity contribution >= 4 is 11.9 Å². The van der Waals surface area contributed by atoms with Gasteiger partial charge in [-0.2, -0.15) is 0 Å². The Labute approximate surface area is 146 Å². The third kappa shape index (κ3) is 4.97. The standard InChI is InChI=1S/C19H21NO5/c1-13-7-9-14(10-8-13)11-20-17(21)12-25-19(22)18-15(23-2)5-4-6-16(18)24-3/h4-10H,11-12H2,1-3H3,(H,20,21). The van der Waals surface area contributed by atoms with E-state index in [1.54, 1.807) is 18.2 Å². The van der Waals surface area contributed by atoms with E-state index in [4.69, 9.17) is 14.2 Å². The number of nitrogens with one attached hydrogen (secondary N) is 1. The third-order valence-electron chi connectivity index (χ3n) is 3.58. The number of rotatable bonds is 7. The molecule has 0 aliphatic carbocycles. The molecule has 0 saturated carbocycles. The summed E-state index contributed by atoms with van der Waals surface area (Å²) in [5, 5.41) is 2.70. The summed E-state index contributed by atoms with van der Waals surface area (Å²) in [6.45, 7) is 1.98. The molecule has 6 nitrogen and oxygen atoms in total. The van der Waals surface area contributed by atoms with Crippen LogP contribution in [0.25, 0.3) is 0 Å². The van der Waals surface area contributed by atoms with E-state index in [-0.39, 0.29) is 18.1 Å². The first-order chi connectivity index (χ1) is 12.0. The molecule has 132 valence electrons. The highest BCUT2D eigenvalue weighted by molar-refractivity contribution is 5.96. The molecule has 0 aliphatic heterocycles. The normalized spacial score (nSPS) is 10.0. The molecule has 25 heavy (non-hydrogen) atoms. The van der Waals surface area contributed by atoms with Crippen molar-refractivity contribution in [3.8, 4) is 11.5 Å². The fourth-order valence-electron chi connectivity index (χ4n) is 2.21. The number of hydrogen-bond donors (Lipinski definition) is 1. The van der Waals surface area contributed by atoms with Crippen LogP contribution in [0.4, 0.5) is 0 Å². The van der Waals surface area contributed by atoms with Crippen molar-refractivity contribution < 1.29 is 23.8 Å². The highest BCUT2D eigenvalue weighted by Gasteiger charge is 2.20. The van der Waals surface area contributed by atoms with Gasteiger partial charge >= 0.3 is 5.97 Å². The molecule has 0 heterocycles. The largest absolute Gasteiger partial charge is 0.496 e. The van der Waals surface area contributed by atoms with E-state index in [1.165, 1.54) is 14.2 Å². The fourth-order valence-corrected chi connectivity index (χ4v) is 2.21. The Balaban J connectivity index is 1.91. The van der Waals surface area contributed by atoms with Gasteiger partial charge in [-0.1, -0.05) is 35.9 Å². The zero-order valence-electron chi connectivity index (χ0n) is 14.5. The van der Waals surface area contributed by atoms with E-state index >= 15 is 0 Å². The first-order valence-corrected chi connectivity index (χ1v) is 7.75. The molecule has 2 rings (SSSR count). The number of carbonyl (C=O) groups excluding carboxylic acids is 2. The maximum Gasteiger partial charge on any atom is 0.346 e. The van der Waals surface area contributed by atoms with Crippen LogP contribution in [-0.4, -0.2) is 32.7 Å². The van der Waals surface area contributed by atoms with E-state index in [9.17, 15) is 9.59 Å². The van der Waals surface area contributed by atoms with Crippen LogP contribution in [0, 0.1) is 6.92 Å². The molecule has 1 amide bonds. The molecular weight excluding hydrogens is 322 g/mol. The Hall–Kier alpha value is -3.02. The summed E-state index contributed by atoms with van der Waals surface area (Å²) in [4.78, 5) is 24.1. The average molecular weight is 343 g/mol. The highest BCUT2D eigenvalue weighted by atomic mass is 16.5. The molecular formula is C19H21NO5. The van der Waals surface area contributed by atoms with Gasteiger partial charge in [-0.3, -0.25) is 4.79 Å². The second kappa shape index (κ2) is 8.73. The van der Waals surface area contributed by atoms with Gasteiger partial charge in [-0.25, -0.2) is 4.79 Å². The predicted octanol–water partition coefficient (Wildman–Crippen LogP) is 2.49. The van der Waals surface area contributed by atoms with E-state index in [1.807, 2.05) is 31.2 Å². The molecule has 1 N–H and O–H groups in total. The molecule has 0 saturated heterocycles. The molecule has 6 heteroatoms. The van der Waals surface area contributed by atoms with Gasteiger partial charge < -0.3 is 19.5 Å². The lowest BCUT2D eigenvalue weighted by atomic mass is 10.1. The molecule has 0 spiro atoms. The first kappa shape index (κ1) is 18.3. The van der Waals surface area contributed by atoms with Crippen molar-refractivity contribution in [1.29, 1.82) is 0 Å². The van der Waals surface area contributed by atoms with Crippen LogP contribution in [-0.2, 0) is 16.1 Å². The average Bonchev–Trinajstić information content (AvgIpc) is 2.64. The van der Waals surface area contributed by atoms with Crippen LogP contribution >= 0.6 is 0 Å². The third-order valence-corrected chi connectivity index (χ3v) is 3.58. The van der Waals surface area contributed by atoms with Crippen molar-refractivity contribution in [2.45, 2.75) is 13.5 Å². The summed E-state index contributed by atoms with van der Waals surface area (Å²) < 4.78 is 15.4. The van der Waals surface area contributed by atoms with Crippen LogP contribution in [0.15, 0.2) is 42.5 Å². The van der Waals surface area contributed by atoms with E-state index in [0.29, 0.717) is 18.0 Å². The number of benzene rings is 2. The van der Waals surface area contributed by atoms with E-state index < -0.39 is 5.97 Å². The summed E-state index contributed by atoms with van der Waals surface area (Å²) in [5.41, 5.74) is 2.27. The van der Waals surface area contributed by atoms with Gasteiger partial charge in [0.15, 0.2) is 6.61 Å². The van der Waals surface area contributed by atoms with Crippen LogP contribution < -0.4 is 14.8 Å². The highest BCUT2D eigenvalue weighted by Crippen LogP contribution is 2.28. The van der Waals surface area contributed by atoms with Gasteiger partial charge in [0.2, 0.25) is 0 Å². The molecule has 0 bridgehead atoms. The number of aryl methyl sites for hydroxylation is 1. The molecule has 0 atom stereocenters. The Morgan fingerprint density at radius 3 is 2.12 bits per heavy atom. The smallest absolute Gasteiger partial charge is 0.346 e. The van der Waals surface area contributed by atoms with Crippen molar-refractivity contribution in [2.75, 3.05) is 20.8 Å². The molecule has 0 radical (unpaired) electrons. The molecule has 0 unspecified atom stereocenters. The predicted molar refractivity (Wildman–Crippen MR) is 92.9 cm³/mol. The van der Waals surface area contributed by atoms with Crippen molar-refractivity contribution in [2.24, 2.45) is 0 Å². The Bertz CT molecular complexity index is 718. The summed E-state index contributed by atoms with van der Waals surface area (Å²) in [6, 6.07) is 12.7. The van der Waals surface area contributed by atoms with Crippen molar-refractivity contribution in [3.05, 3.63) is 59.2 Å². The lowest BCUT2D eigenvalue weighted by Crippen LogP contribution is -2.28. The lowest BCUT2D eigenvalue weighted by molar-refractivity contribution is -0.124. The zero-order valence-corrected chi connectivity index (χ0v) is 14.5. The topological polar surface area (TPSA) is 73.9 Å². The van der Waals surface area contributed by atoms with Gasteiger partial charge in [0.25, 0.3) is 5.91 Å². The van der Waals surface area contributed by atoms with Gasteiger partial charge in [0.05, 0.1) is 14.2 Å². The number of esters is 1. The van der Waals surface area contributed by atoms with Crippen molar-refractivity contribution in [1.82, 2.24) is 5.32 Å². The molecule has 2 aromatic carbocycles. The maximum absolute atomic E-state index is 12.3. The number of carbonyl (C=O) groups is 2. The Morgan fingerprint density at radius 2 is 1.56 bits per heavy atom. The van der Waals surface area contributed by atoms with Crippen LogP contribution in [0.2, 0.25) is 0 Å². The monoisotopic (exact) mass is 343 g/mol. The molecule has 0 aromatic heterocycles. The second-order valence-electron chi connectivity index (χ2n) is 5.38. The van der Waals surface area contributed by atoms with Gasteiger partial charge in [0.1, 0.15) is 17.1 Å². The Kier molecular flexibility index (Phi) is 6.39. The van der Waals surface area contributed by atoms with E-state index in [2.05, 4.69) is 5.32 Å². The molecule has 0 aliphatic rings. The van der Waals surface area contributed by atoms with Gasteiger partial charge in [0, 0.05) is 6.54 Å². The van der Waals surface area contributed by atoms with Gasteiger partial charge in [-0.05, 0) is 24.6 Å². The quantitative estimate of drug-likeness (QED) is 0.782. The zero-order chi connectivity index (χ0) is 18.2. The number of hydrogen-bond acceptors (Lipinski definition) is 5. The summed E-state index contributed by atoms with van der Waals surface area (Å²) in [6.07, 6.45) is 0. The minimum Gasteiger partial charge on any atom is -0.496 e. The van der Waals surface area contributed by atoms with E-state index in [0.717, 1.165) is 11.1 Å². The minimum atomic E-state index is -0.681. The maximum atomic E-state index is 12.3. The minimum absolute atomic E-state index is 0.152. The fraction of sp³-hybridized carbons (Fsp3) is 0.263. The molecule has 2 aromatic rings. The Morgan fingerprint density at radius 1 is 0.960 bits per heavy atom. The molecule has 0 fully saturated rings. The summed E-state index contributed by atoms with van der Waals surface area (Å²) >= 11 is 0. The number of methoxy groups -OCH3 is 2. The summed E-state index contributed by atoms with van der Waals surface area (Å²) in [7, 11) is 2.89. The lowest BCUT2D eigenvalue weighted by Gasteiger charge is -2.12. The van der Waals surface area contributed by atoms with Crippen molar-refractivity contribution in [3.63, 3.8) is 0 Å². The summed E-state index contributed by atoms with van der Waals surface area (Å²) in [5.74, 6) is -0.420. The van der Waals surface area contributed by atoms with Crippen LogP contribution in [0.3, 0.4) is 0 Å². The SMILES string of the molecule is COc1cccc(OC)c1C(=O)OCC(=O)NCc1ccc(C)cc1. The van der Waals surface area contributed by atoms with Crippen LogP contribution in [0.1, 0.15) is 21.5 Å². The number of amides is 1. The first-order valence-electron chi connectivity index (χ1n) is 7.75. The van der Waals surface area contributed by atoms with Crippen LogP contribution in [0.5, 0.6) is 11.5 Å².